The maximum absolute atomic E-state index is 12.5. The van der Waals surface area contributed by atoms with Crippen LogP contribution in [0.1, 0.15) is 39.9 Å². The Balaban J connectivity index is 1.62. The van der Waals surface area contributed by atoms with Crippen molar-refractivity contribution in [3.05, 3.63) is 59.2 Å². The molecule has 0 spiro atoms. The zero-order chi connectivity index (χ0) is 15.1. The maximum Gasteiger partial charge on any atom is 0.290 e. The molecule has 0 radical (unpaired) electrons. The molecule has 22 heavy (non-hydrogen) atoms. The third-order valence-electron chi connectivity index (χ3n) is 4.06. The third-order valence-corrected chi connectivity index (χ3v) is 4.06. The van der Waals surface area contributed by atoms with Gasteiger partial charge in [0.15, 0.2) is 0 Å². The average molecular weight is 293 g/mol. The Bertz CT molecular complexity index is 870. The number of rotatable bonds is 2. The van der Waals surface area contributed by atoms with Gasteiger partial charge in [0, 0.05) is 11.9 Å². The standard InChI is InChI=1S/C16H15N5O/c1-10-8-9-21-14(19-20-16(21)17-10)15(22)18-13-7-6-11-4-2-3-5-12(11)13/h2-5,8-9,13H,6-7H2,1H3,(H,18,22)/t13-/m1/s1. The van der Waals surface area contributed by atoms with Crippen LogP contribution in [0.25, 0.3) is 5.78 Å². The lowest BCUT2D eigenvalue weighted by Gasteiger charge is -2.13. The normalized spacial score (nSPS) is 16.7. The van der Waals surface area contributed by atoms with Crippen molar-refractivity contribution >= 4 is 11.7 Å². The second kappa shape index (κ2) is 4.91. The lowest BCUT2D eigenvalue weighted by molar-refractivity contribution is 0.0925. The zero-order valence-corrected chi connectivity index (χ0v) is 12.2. The minimum atomic E-state index is -0.222. The highest BCUT2D eigenvalue weighted by molar-refractivity contribution is 5.91. The van der Waals surface area contributed by atoms with E-state index < -0.39 is 0 Å². The molecule has 2 aromatic heterocycles. The first kappa shape index (κ1) is 12.9. The number of hydrogen-bond donors (Lipinski definition) is 1. The Kier molecular flexibility index (Phi) is 2.89. The second-order valence-electron chi connectivity index (χ2n) is 5.53. The SMILES string of the molecule is Cc1ccn2c(C(=O)N[C@@H]3CCc4ccccc43)nnc2n1. The fourth-order valence-electron chi connectivity index (χ4n) is 2.96. The minimum Gasteiger partial charge on any atom is -0.342 e. The van der Waals surface area contributed by atoms with E-state index in [1.165, 1.54) is 11.1 Å². The van der Waals surface area contributed by atoms with E-state index in [1.807, 2.05) is 25.1 Å². The largest absolute Gasteiger partial charge is 0.342 e. The molecule has 1 aliphatic rings. The van der Waals surface area contributed by atoms with Crippen molar-refractivity contribution in [2.24, 2.45) is 0 Å². The van der Waals surface area contributed by atoms with E-state index in [9.17, 15) is 4.79 Å². The van der Waals surface area contributed by atoms with E-state index in [0.717, 1.165) is 18.5 Å². The van der Waals surface area contributed by atoms with E-state index >= 15 is 0 Å². The van der Waals surface area contributed by atoms with Crippen molar-refractivity contribution in [1.82, 2.24) is 24.9 Å². The van der Waals surface area contributed by atoms with E-state index in [-0.39, 0.29) is 17.8 Å². The number of benzene rings is 1. The summed E-state index contributed by atoms with van der Waals surface area (Å²) >= 11 is 0. The van der Waals surface area contributed by atoms with Crippen LogP contribution >= 0.6 is 0 Å². The smallest absolute Gasteiger partial charge is 0.290 e. The van der Waals surface area contributed by atoms with Gasteiger partial charge in [-0.1, -0.05) is 24.3 Å². The summed E-state index contributed by atoms with van der Waals surface area (Å²) in [5.74, 6) is 0.490. The van der Waals surface area contributed by atoms with E-state index in [4.69, 9.17) is 0 Å². The summed E-state index contributed by atoms with van der Waals surface area (Å²) in [5.41, 5.74) is 3.34. The van der Waals surface area contributed by atoms with Gasteiger partial charge in [0.1, 0.15) is 0 Å². The van der Waals surface area contributed by atoms with Gasteiger partial charge < -0.3 is 5.32 Å². The molecule has 0 bridgehead atoms. The van der Waals surface area contributed by atoms with Gasteiger partial charge in [0.05, 0.1) is 6.04 Å². The monoisotopic (exact) mass is 293 g/mol. The number of nitrogens with zero attached hydrogens (tertiary/aromatic N) is 4. The molecule has 4 rings (SSSR count). The average Bonchev–Trinajstić information content (AvgIpc) is 3.11. The van der Waals surface area contributed by atoms with Crippen LogP contribution in [0.15, 0.2) is 36.5 Å². The topological polar surface area (TPSA) is 72.2 Å². The molecule has 1 amide bonds. The Morgan fingerprint density at radius 3 is 3.05 bits per heavy atom. The van der Waals surface area contributed by atoms with Crippen LogP contribution in [-0.4, -0.2) is 25.5 Å². The Hall–Kier alpha value is -2.76. The summed E-state index contributed by atoms with van der Waals surface area (Å²) in [6.45, 7) is 1.88. The van der Waals surface area contributed by atoms with Crippen LogP contribution in [0.4, 0.5) is 0 Å². The molecule has 0 saturated carbocycles. The van der Waals surface area contributed by atoms with Gasteiger partial charge in [-0.2, -0.15) is 0 Å². The summed E-state index contributed by atoms with van der Waals surface area (Å²) in [6, 6.07) is 10.1. The van der Waals surface area contributed by atoms with Gasteiger partial charge in [-0.3, -0.25) is 9.20 Å². The molecule has 0 aliphatic heterocycles. The van der Waals surface area contributed by atoms with Crippen LogP contribution in [-0.2, 0) is 6.42 Å². The molecule has 110 valence electrons. The summed E-state index contributed by atoms with van der Waals surface area (Å²) in [6.07, 6.45) is 3.68. The molecule has 0 saturated heterocycles. The molecule has 6 heteroatoms. The number of hydrogen-bond acceptors (Lipinski definition) is 4. The second-order valence-corrected chi connectivity index (χ2v) is 5.53. The molecule has 2 heterocycles. The number of nitrogens with one attached hydrogen (secondary N) is 1. The highest BCUT2D eigenvalue weighted by atomic mass is 16.2. The molecule has 1 aromatic carbocycles. The van der Waals surface area contributed by atoms with Crippen LogP contribution < -0.4 is 5.32 Å². The quantitative estimate of drug-likeness (QED) is 0.782. The molecule has 6 nitrogen and oxygen atoms in total. The van der Waals surface area contributed by atoms with Gasteiger partial charge in [0.25, 0.3) is 11.7 Å². The number of amides is 1. The number of carbonyl (C=O) groups excluding carboxylic acids is 1. The predicted molar refractivity (Wildman–Crippen MR) is 80.5 cm³/mol. The Labute approximate surface area is 127 Å². The molecule has 3 aromatic rings. The summed E-state index contributed by atoms with van der Waals surface area (Å²) < 4.78 is 1.61. The first-order valence-corrected chi connectivity index (χ1v) is 7.29. The fraction of sp³-hybridized carbons (Fsp3) is 0.250. The fourth-order valence-corrected chi connectivity index (χ4v) is 2.96. The highest BCUT2D eigenvalue weighted by Gasteiger charge is 2.25. The van der Waals surface area contributed by atoms with Gasteiger partial charge in [-0.15, -0.1) is 10.2 Å². The number of fused-ring (bicyclic) bond motifs is 2. The molecule has 1 N–H and O–H groups in total. The lowest BCUT2D eigenvalue weighted by atomic mass is 10.1. The molecule has 0 unspecified atom stereocenters. The predicted octanol–water partition coefficient (Wildman–Crippen LogP) is 1.85. The maximum atomic E-state index is 12.5. The van der Waals surface area contributed by atoms with Crippen molar-refractivity contribution in [2.75, 3.05) is 0 Å². The number of aromatic nitrogens is 4. The van der Waals surface area contributed by atoms with Crippen LogP contribution in [0.2, 0.25) is 0 Å². The third kappa shape index (κ3) is 2.04. The van der Waals surface area contributed by atoms with Crippen molar-refractivity contribution in [1.29, 1.82) is 0 Å². The van der Waals surface area contributed by atoms with Gasteiger partial charge in [0.2, 0.25) is 5.82 Å². The Morgan fingerprint density at radius 2 is 2.14 bits per heavy atom. The van der Waals surface area contributed by atoms with Crippen molar-refractivity contribution < 1.29 is 4.79 Å². The number of aryl methyl sites for hydroxylation is 2. The van der Waals surface area contributed by atoms with Crippen molar-refractivity contribution in [3.8, 4) is 0 Å². The van der Waals surface area contributed by atoms with E-state index in [1.54, 1.807) is 10.6 Å². The molecule has 1 aliphatic carbocycles. The lowest BCUT2D eigenvalue weighted by Crippen LogP contribution is -2.28. The molecule has 0 fully saturated rings. The first-order chi connectivity index (χ1) is 10.7. The van der Waals surface area contributed by atoms with Crippen LogP contribution in [0, 0.1) is 6.92 Å². The molecular weight excluding hydrogens is 278 g/mol. The minimum absolute atomic E-state index is 0.0365. The summed E-state index contributed by atoms with van der Waals surface area (Å²) in [5, 5.41) is 11.0. The van der Waals surface area contributed by atoms with Gasteiger partial charge in [-0.25, -0.2) is 4.98 Å². The Morgan fingerprint density at radius 1 is 1.27 bits per heavy atom. The van der Waals surface area contributed by atoms with Crippen LogP contribution in [0.3, 0.4) is 0 Å². The number of carbonyl (C=O) groups is 1. The van der Waals surface area contributed by atoms with Crippen LogP contribution in [0.5, 0.6) is 0 Å². The highest BCUT2D eigenvalue weighted by Crippen LogP contribution is 2.30. The molecule has 1 atom stereocenters. The van der Waals surface area contributed by atoms with Gasteiger partial charge in [-0.05, 0) is 37.0 Å². The first-order valence-electron chi connectivity index (χ1n) is 7.29. The van der Waals surface area contributed by atoms with Gasteiger partial charge >= 0.3 is 0 Å². The molecular formula is C16H15N5O. The van der Waals surface area contributed by atoms with E-state index in [2.05, 4.69) is 32.6 Å². The van der Waals surface area contributed by atoms with Crippen molar-refractivity contribution in [3.63, 3.8) is 0 Å². The zero-order valence-electron chi connectivity index (χ0n) is 12.2. The summed E-state index contributed by atoms with van der Waals surface area (Å²) in [7, 11) is 0. The van der Waals surface area contributed by atoms with E-state index in [0.29, 0.717) is 5.78 Å². The summed E-state index contributed by atoms with van der Waals surface area (Å²) in [4.78, 5) is 16.8. The van der Waals surface area contributed by atoms with Crippen molar-refractivity contribution in [2.45, 2.75) is 25.8 Å².